The van der Waals surface area contributed by atoms with E-state index in [1.165, 1.54) is 0 Å². The van der Waals surface area contributed by atoms with Crippen molar-refractivity contribution in [3.63, 3.8) is 0 Å². The number of nitrogens with zero attached hydrogens (tertiary/aromatic N) is 1. The van der Waals surface area contributed by atoms with Gasteiger partial charge in [0.15, 0.2) is 0 Å². The van der Waals surface area contributed by atoms with E-state index in [4.69, 9.17) is 9.47 Å². The van der Waals surface area contributed by atoms with Crippen molar-refractivity contribution in [3.05, 3.63) is 12.2 Å². The highest BCUT2D eigenvalue weighted by Gasteiger charge is 2.57. The number of hydrogen-bond acceptors (Lipinski definition) is 3. The molecule has 0 N–H and O–H groups in total. The zero-order chi connectivity index (χ0) is 16.1. The van der Waals surface area contributed by atoms with Crippen molar-refractivity contribution >= 4 is 5.91 Å². The lowest BCUT2D eigenvalue weighted by molar-refractivity contribution is -0.155. The monoisotopic (exact) mass is 309 g/mol. The fourth-order valence-corrected chi connectivity index (χ4v) is 3.54. The molecule has 22 heavy (non-hydrogen) atoms. The predicted octanol–water partition coefficient (Wildman–Crippen LogP) is 3.16. The van der Waals surface area contributed by atoms with Crippen molar-refractivity contribution < 1.29 is 14.3 Å². The summed E-state index contributed by atoms with van der Waals surface area (Å²) in [6.45, 7) is 12.4. The summed E-state index contributed by atoms with van der Waals surface area (Å²) in [5.41, 5.74) is 0.978. The van der Waals surface area contributed by atoms with Gasteiger partial charge in [0.1, 0.15) is 0 Å². The molecule has 0 aromatic carbocycles. The molecule has 2 aliphatic heterocycles. The molecule has 2 aliphatic rings. The molecule has 4 atom stereocenters. The molecule has 0 radical (unpaired) electrons. The van der Waals surface area contributed by atoms with Crippen molar-refractivity contribution in [3.8, 4) is 0 Å². The van der Waals surface area contributed by atoms with Crippen LogP contribution in [0.4, 0.5) is 0 Å². The first kappa shape index (κ1) is 17.5. The zero-order valence-corrected chi connectivity index (χ0v) is 14.3. The Morgan fingerprint density at radius 1 is 1.27 bits per heavy atom. The minimum Gasteiger partial charge on any atom is -0.379 e. The first-order valence-electron chi connectivity index (χ1n) is 8.78. The molecule has 0 aromatic rings. The molecule has 126 valence electrons. The number of hydrogen-bond donors (Lipinski definition) is 0. The molecule has 0 aliphatic carbocycles. The van der Waals surface area contributed by atoms with Crippen LogP contribution in [0.5, 0.6) is 0 Å². The van der Waals surface area contributed by atoms with Crippen LogP contribution < -0.4 is 0 Å². The second-order valence-electron chi connectivity index (χ2n) is 6.63. The van der Waals surface area contributed by atoms with Gasteiger partial charge in [0.2, 0.25) is 5.91 Å². The normalized spacial score (nSPS) is 30.3. The molecule has 0 aromatic heterocycles. The van der Waals surface area contributed by atoms with Gasteiger partial charge >= 0.3 is 0 Å². The molecule has 2 rings (SSSR count). The number of fused-ring (bicyclic) bond motifs is 1. The molecule has 1 amide bonds. The lowest BCUT2D eigenvalue weighted by atomic mass is 9.83. The minimum absolute atomic E-state index is 0.00193. The van der Waals surface area contributed by atoms with Crippen LogP contribution in [0.2, 0.25) is 0 Å². The van der Waals surface area contributed by atoms with Crippen molar-refractivity contribution in [1.82, 2.24) is 4.90 Å². The number of β-lactam (4-membered cyclic amide) rings is 1. The molecule has 0 saturated carbocycles. The molecular weight excluding hydrogens is 278 g/mol. The van der Waals surface area contributed by atoms with Gasteiger partial charge in [0, 0.05) is 13.2 Å². The summed E-state index contributed by atoms with van der Waals surface area (Å²) in [4.78, 5) is 14.4. The Morgan fingerprint density at radius 3 is 2.59 bits per heavy atom. The smallest absolute Gasteiger partial charge is 0.232 e. The molecule has 4 heteroatoms. The van der Waals surface area contributed by atoms with Crippen LogP contribution in [0.1, 0.15) is 52.9 Å². The lowest BCUT2D eigenvalue weighted by Crippen LogP contribution is -2.61. The van der Waals surface area contributed by atoms with Gasteiger partial charge in [-0.3, -0.25) is 4.79 Å². The highest BCUT2D eigenvalue weighted by molar-refractivity contribution is 5.89. The van der Waals surface area contributed by atoms with Gasteiger partial charge < -0.3 is 14.4 Å². The van der Waals surface area contributed by atoms with E-state index in [0.717, 1.165) is 50.9 Å². The average molecular weight is 309 g/mol. The van der Waals surface area contributed by atoms with Crippen LogP contribution in [0.15, 0.2) is 12.2 Å². The Hall–Kier alpha value is -0.870. The van der Waals surface area contributed by atoms with Gasteiger partial charge in [0.25, 0.3) is 0 Å². The number of amides is 1. The number of unbranched alkanes of at least 4 members (excludes halogenated alkanes) is 2. The van der Waals surface area contributed by atoms with Gasteiger partial charge in [-0.05, 0) is 26.2 Å². The third-order valence-corrected chi connectivity index (χ3v) is 4.81. The van der Waals surface area contributed by atoms with Gasteiger partial charge in [-0.1, -0.05) is 38.8 Å². The Balaban J connectivity index is 1.95. The predicted molar refractivity (Wildman–Crippen MR) is 87.7 cm³/mol. The van der Waals surface area contributed by atoms with Gasteiger partial charge in [-0.15, -0.1) is 0 Å². The van der Waals surface area contributed by atoms with Crippen LogP contribution in [0.3, 0.4) is 0 Å². The first-order valence-corrected chi connectivity index (χ1v) is 8.78. The molecule has 0 bridgehead atoms. The van der Waals surface area contributed by atoms with Crippen LogP contribution in [0, 0.1) is 5.92 Å². The maximum atomic E-state index is 12.4. The van der Waals surface area contributed by atoms with Crippen molar-refractivity contribution in [2.45, 2.75) is 71.1 Å². The molecule has 2 fully saturated rings. The number of rotatable bonds is 10. The van der Waals surface area contributed by atoms with Crippen molar-refractivity contribution in [2.75, 3.05) is 19.8 Å². The van der Waals surface area contributed by atoms with Crippen molar-refractivity contribution in [1.29, 1.82) is 0 Å². The largest absolute Gasteiger partial charge is 0.379 e. The fraction of sp³-hybridized carbons (Fsp3) is 0.833. The van der Waals surface area contributed by atoms with Crippen molar-refractivity contribution in [2.24, 2.45) is 5.92 Å². The van der Waals surface area contributed by atoms with Crippen LogP contribution in [-0.4, -0.2) is 48.8 Å². The number of carbonyl (C=O) groups is 1. The van der Waals surface area contributed by atoms with Crippen LogP contribution >= 0.6 is 0 Å². The summed E-state index contributed by atoms with van der Waals surface area (Å²) in [7, 11) is 0. The Bertz CT molecular complexity index is 396. The highest BCUT2D eigenvalue weighted by Crippen LogP contribution is 2.43. The van der Waals surface area contributed by atoms with Gasteiger partial charge in [0.05, 0.1) is 30.7 Å². The topological polar surface area (TPSA) is 38.8 Å². The molecule has 0 spiro atoms. The van der Waals surface area contributed by atoms with E-state index in [-0.39, 0.29) is 30.0 Å². The Labute approximate surface area is 134 Å². The van der Waals surface area contributed by atoms with Crippen LogP contribution in [0.25, 0.3) is 0 Å². The summed E-state index contributed by atoms with van der Waals surface area (Å²) >= 11 is 0. The van der Waals surface area contributed by atoms with E-state index < -0.39 is 0 Å². The third kappa shape index (κ3) is 3.54. The first-order chi connectivity index (χ1) is 10.6. The zero-order valence-electron chi connectivity index (χ0n) is 14.3. The summed E-state index contributed by atoms with van der Waals surface area (Å²) in [5, 5.41) is 0. The molecule has 0 unspecified atom stereocenters. The van der Waals surface area contributed by atoms with E-state index in [1.54, 1.807) is 0 Å². The SMILES string of the molecule is C=C(C)[C@@H]1C(=O)N2[C@@H]1C[C@H](OCCCC)[C@@H]2COCCCC. The molecule has 2 heterocycles. The Morgan fingerprint density at radius 2 is 1.95 bits per heavy atom. The molecule has 4 nitrogen and oxygen atoms in total. The van der Waals surface area contributed by atoms with Gasteiger partial charge in [-0.2, -0.15) is 0 Å². The van der Waals surface area contributed by atoms with Gasteiger partial charge in [-0.25, -0.2) is 0 Å². The second kappa shape index (κ2) is 8.11. The summed E-state index contributed by atoms with van der Waals surface area (Å²) in [6.07, 6.45) is 5.44. The summed E-state index contributed by atoms with van der Waals surface area (Å²) < 4.78 is 11.9. The number of ether oxygens (including phenoxy) is 2. The maximum absolute atomic E-state index is 12.4. The Kier molecular flexibility index (Phi) is 6.45. The van der Waals surface area contributed by atoms with E-state index in [2.05, 4.69) is 20.4 Å². The molecular formula is C18H31NO3. The average Bonchev–Trinajstić information content (AvgIpc) is 2.77. The van der Waals surface area contributed by atoms with Crippen LogP contribution in [-0.2, 0) is 14.3 Å². The van der Waals surface area contributed by atoms with E-state index in [0.29, 0.717) is 6.61 Å². The quantitative estimate of drug-likeness (QED) is 0.353. The van der Waals surface area contributed by atoms with E-state index in [9.17, 15) is 4.79 Å². The fourth-order valence-electron chi connectivity index (χ4n) is 3.54. The third-order valence-electron chi connectivity index (χ3n) is 4.81. The highest BCUT2D eigenvalue weighted by atomic mass is 16.5. The minimum atomic E-state index is -0.00193. The van der Waals surface area contributed by atoms with E-state index >= 15 is 0 Å². The maximum Gasteiger partial charge on any atom is 0.232 e. The molecule has 2 saturated heterocycles. The number of carbonyl (C=O) groups excluding carboxylic acids is 1. The summed E-state index contributed by atoms with van der Waals surface area (Å²) in [6, 6.07) is 0.359. The second-order valence-corrected chi connectivity index (χ2v) is 6.63. The lowest BCUT2D eigenvalue weighted by Gasteiger charge is -2.45. The van der Waals surface area contributed by atoms with E-state index in [1.807, 2.05) is 11.8 Å². The standard InChI is InChI=1S/C18H31NO3/c1-5-7-9-21-12-15-16(22-10-8-6-2)11-14-17(13(3)4)18(20)19(14)15/h14-17H,3,5-12H2,1-2,4H3/t14-,15+,16+,17+/m1/s1. The summed E-state index contributed by atoms with van der Waals surface area (Å²) in [5.74, 6) is 0.209.